The monoisotopic (exact) mass is 281 g/mol. The first-order valence-electron chi connectivity index (χ1n) is 6.60. The highest BCUT2D eigenvalue weighted by molar-refractivity contribution is 6.30. The van der Waals surface area contributed by atoms with Gasteiger partial charge in [-0.3, -0.25) is 4.79 Å². The summed E-state index contributed by atoms with van der Waals surface area (Å²) in [4.78, 5) is 12.1. The van der Waals surface area contributed by atoms with Gasteiger partial charge in [-0.05, 0) is 57.4 Å². The van der Waals surface area contributed by atoms with Crippen molar-refractivity contribution in [3.63, 3.8) is 0 Å². The predicted molar refractivity (Wildman–Crippen MR) is 77.6 cm³/mol. The number of ether oxygens (including phenoxy) is 1. The van der Waals surface area contributed by atoms with Gasteiger partial charge >= 0.3 is 5.97 Å². The Kier molecular flexibility index (Phi) is 4.04. The molecule has 0 spiro atoms. The smallest absolute Gasteiger partial charge is 0.311 e. The van der Waals surface area contributed by atoms with Crippen molar-refractivity contribution in [2.75, 3.05) is 11.9 Å². The molecule has 1 aromatic rings. The summed E-state index contributed by atoms with van der Waals surface area (Å²) in [5.41, 5.74) is 1.80. The molecule has 0 saturated carbocycles. The van der Waals surface area contributed by atoms with Gasteiger partial charge in [0.15, 0.2) is 0 Å². The minimum Gasteiger partial charge on any atom is -0.460 e. The lowest BCUT2D eigenvalue weighted by atomic mass is 10.0. The highest BCUT2D eigenvalue weighted by atomic mass is 35.5. The summed E-state index contributed by atoms with van der Waals surface area (Å²) in [6.45, 7) is 6.29. The van der Waals surface area contributed by atoms with Gasteiger partial charge in [-0.15, -0.1) is 0 Å². The summed E-state index contributed by atoms with van der Waals surface area (Å²) >= 11 is 6.00. The van der Waals surface area contributed by atoms with Crippen LogP contribution < -0.4 is 5.32 Å². The molecule has 1 aliphatic heterocycles. The molecule has 1 aliphatic rings. The number of aryl methyl sites for hydroxylation is 1. The van der Waals surface area contributed by atoms with Crippen LogP contribution in [0.15, 0.2) is 18.2 Å². The van der Waals surface area contributed by atoms with Crippen molar-refractivity contribution in [3.05, 3.63) is 28.8 Å². The van der Waals surface area contributed by atoms with Crippen LogP contribution in [0.5, 0.6) is 0 Å². The summed E-state index contributed by atoms with van der Waals surface area (Å²) in [6, 6.07) is 5.79. The number of hydrogen-bond donors (Lipinski definition) is 1. The molecule has 0 saturated heterocycles. The maximum Gasteiger partial charge on any atom is 0.311 e. The Morgan fingerprint density at radius 1 is 1.42 bits per heavy atom. The SMILES string of the molecule is CC(C)(C)OC(=O)C1CCc2cc(Cl)ccc2NC1. The number of nitrogens with one attached hydrogen (secondary N) is 1. The van der Waals surface area contributed by atoms with E-state index in [0.717, 1.165) is 23.6 Å². The van der Waals surface area contributed by atoms with E-state index in [4.69, 9.17) is 16.3 Å². The first kappa shape index (κ1) is 14.2. The predicted octanol–water partition coefficient (Wildman–Crippen LogP) is 3.66. The first-order chi connectivity index (χ1) is 8.85. The molecule has 0 bridgehead atoms. The molecule has 1 unspecified atom stereocenters. The lowest BCUT2D eigenvalue weighted by molar-refractivity contribution is -0.159. The molecule has 1 N–H and O–H groups in total. The number of carbonyl (C=O) groups excluding carboxylic acids is 1. The van der Waals surface area contributed by atoms with Crippen molar-refractivity contribution in [1.82, 2.24) is 0 Å². The Bertz CT molecular complexity index is 480. The van der Waals surface area contributed by atoms with Gasteiger partial charge in [0.05, 0.1) is 5.92 Å². The Balaban J connectivity index is 2.05. The fraction of sp³-hybridized carbons (Fsp3) is 0.533. The molecule has 104 valence electrons. The summed E-state index contributed by atoms with van der Waals surface area (Å²) in [5.74, 6) is -0.232. The third-order valence-corrected chi connectivity index (χ3v) is 3.34. The molecule has 1 heterocycles. The Hall–Kier alpha value is -1.22. The number of rotatable bonds is 1. The molecule has 1 aromatic carbocycles. The summed E-state index contributed by atoms with van der Waals surface area (Å²) in [6.07, 6.45) is 1.63. The fourth-order valence-corrected chi connectivity index (χ4v) is 2.39. The first-order valence-corrected chi connectivity index (χ1v) is 6.98. The average molecular weight is 282 g/mol. The molecule has 4 heteroatoms. The largest absolute Gasteiger partial charge is 0.460 e. The third-order valence-electron chi connectivity index (χ3n) is 3.11. The van der Waals surface area contributed by atoms with Gasteiger partial charge in [0.1, 0.15) is 5.60 Å². The van der Waals surface area contributed by atoms with E-state index in [9.17, 15) is 4.79 Å². The van der Waals surface area contributed by atoms with Crippen molar-refractivity contribution in [2.45, 2.75) is 39.2 Å². The highest BCUT2D eigenvalue weighted by Crippen LogP contribution is 2.27. The zero-order valence-corrected chi connectivity index (χ0v) is 12.4. The number of hydrogen-bond acceptors (Lipinski definition) is 3. The van der Waals surface area contributed by atoms with E-state index in [1.165, 1.54) is 5.56 Å². The molecule has 0 aromatic heterocycles. The van der Waals surface area contributed by atoms with Crippen molar-refractivity contribution < 1.29 is 9.53 Å². The summed E-state index contributed by atoms with van der Waals surface area (Å²) in [5, 5.41) is 4.04. The van der Waals surface area contributed by atoms with E-state index < -0.39 is 5.60 Å². The van der Waals surface area contributed by atoms with E-state index in [1.807, 2.05) is 39.0 Å². The van der Waals surface area contributed by atoms with Gasteiger partial charge in [0, 0.05) is 17.3 Å². The molecule has 2 rings (SSSR count). The Labute approximate surface area is 119 Å². The van der Waals surface area contributed by atoms with E-state index in [-0.39, 0.29) is 11.9 Å². The van der Waals surface area contributed by atoms with Crippen molar-refractivity contribution in [2.24, 2.45) is 5.92 Å². The maximum absolute atomic E-state index is 12.1. The molecule has 0 radical (unpaired) electrons. The average Bonchev–Trinajstić information content (AvgIpc) is 2.48. The van der Waals surface area contributed by atoms with E-state index in [2.05, 4.69) is 5.32 Å². The molecule has 3 nitrogen and oxygen atoms in total. The van der Waals surface area contributed by atoms with Gasteiger partial charge in [-0.1, -0.05) is 11.6 Å². The highest BCUT2D eigenvalue weighted by Gasteiger charge is 2.27. The Morgan fingerprint density at radius 3 is 2.84 bits per heavy atom. The Morgan fingerprint density at radius 2 is 2.16 bits per heavy atom. The quantitative estimate of drug-likeness (QED) is 0.799. The molecular formula is C15H20ClNO2. The van der Waals surface area contributed by atoms with Crippen LogP contribution in [0.25, 0.3) is 0 Å². The van der Waals surface area contributed by atoms with Crippen LogP contribution in [-0.2, 0) is 16.0 Å². The molecule has 0 fully saturated rings. The summed E-state index contributed by atoms with van der Waals surface area (Å²) < 4.78 is 5.45. The molecule has 1 atom stereocenters. The fourth-order valence-electron chi connectivity index (χ4n) is 2.19. The van der Waals surface area contributed by atoms with Crippen LogP contribution in [0.2, 0.25) is 5.02 Å². The van der Waals surface area contributed by atoms with Crippen LogP contribution >= 0.6 is 11.6 Å². The maximum atomic E-state index is 12.1. The second kappa shape index (κ2) is 5.41. The number of benzene rings is 1. The minimum atomic E-state index is -0.431. The van der Waals surface area contributed by atoms with Crippen molar-refractivity contribution >= 4 is 23.3 Å². The molecule has 0 amide bonds. The number of halogens is 1. The summed E-state index contributed by atoms with van der Waals surface area (Å²) in [7, 11) is 0. The van der Waals surface area contributed by atoms with Gasteiger partial charge in [0.2, 0.25) is 0 Å². The standard InChI is InChI=1S/C15H20ClNO2/c1-15(2,3)19-14(18)11-5-4-10-8-12(16)6-7-13(10)17-9-11/h6-8,11,17H,4-5,9H2,1-3H3. The lowest BCUT2D eigenvalue weighted by Crippen LogP contribution is -2.31. The third kappa shape index (κ3) is 3.87. The van der Waals surface area contributed by atoms with Crippen LogP contribution in [0, 0.1) is 5.92 Å². The second-order valence-corrected chi connectivity index (χ2v) is 6.39. The van der Waals surface area contributed by atoms with Crippen LogP contribution in [0.3, 0.4) is 0 Å². The van der Waals surface area contributed by atoms with Gasteiger partial charge in [-0.2, -0.15) is 0 Å². The normalized spacial score (nSPS) is 19.1. The molecular weight excluding hydrogens is 262 g/mol. The zero-order valence-electron chi connectivity index (χ0n) is 11.6. The van der Waals surface area contributed by atoms with Gasteiger partial charge in [-0.25, -0.2) is 0 Å². The zero-order chi connectivity index (χ0) is 14.0. The number of carbonyl (C=O) groups is 1. The lowest BCUT2D eigenvalue weighted by Gasteiger charge is -2.23. The van der Waals surface area contributed by atoms with E-state index >= 15 is 0 Å². The van der Waals surface area contributed by atoms with Crippen molar-refractivity contribution in [1.29, 1.82) is 0 Å². The van der Waals surface area contributed by atoms with Gasteiger partial charge < -0.3 is 10.1 Å². The number of fused-ring (bicyclic) bond motifs is 1. The number of anilines is 1. The minimum absolute atomic E-state index is 0.106. The topological polar surface area (TPSA) is 38.3 Å². The van der Waals surface area contributed by atoms with E-state index in [1.54, 1.807) is 0 Å². The molecule has 0 aliphatic carbocycles. The number of esters is 1. The van der Waals surface area contributed by atoms with E-state index in [0.29, 0.717) is 6.54 Å². The van der Waals surface area contributed by atoms with Crippen LogP contribution in [0.4, 0.5) is 5.69 Å². The molecule has 19 heavy (non-hydrogen) atoms. The van der Waals surface area contributed by atoms with Crippen molar-refractivity contribution in [3.8, 4) is 0 Å². The van der Waals surface area contributed by atoms with Crippen LogP contribution in [0.1, 0.15) is 32.8 Å². The second-order valence-electron chi connectivity index (χ2n) is 5.95. The van der Waals surface area contributed by atoms with Crippen LogP contribution in [-0.4, -0.2) is 18.1 Å². The van der Waals surface area contributed by atoms with Gasteiger partial charge in [0.25, 0.3) is 0 Å².